The molecule has 1 aromatic carbocycles. The molecule has 0 fully saturated rings. The summed E-state index contributed by atoms with van der Waals surface area (Å²) in [7, 11) is 0. The molecular weight excluding hydrogens is 196 g/mol. The lowest BCUT2D eigenvalue weighted by Gasteiger charge is -2.07. The summed E-state index contributed by atoms with van der Waals surface area (Å²) in [5.74, 6) is -0.218. The van der Waals surface area contributed by atoms with Crippen molar-refractivity contribution in [2.45, 2.75) is 18.9 Å². The van der Waals surface area contributed by atoms with E-state index in [9.17, 15) is 9.90 Å². The van der Waals surface area contributed by atoms with E-state index >= 15 is 0 Å². The number of phenolic OH excluding ortho intramolecular Hbond substituents is 1. The first-order valence-electron chi connectivity index (χ1n) is 4.74. The molecule has 0 saturated heterocycles. The van der Waals surface area contributed by atoms with Gasteiger partial charge in [0.15, 0.2) is 5.78 Å². The summed E-state index contributed by atoms with van der Waals surface area (Å²) in [5.41, 5.74) is 0.368. The molecule has 0 aliphatic heterocycles. The minimum atomic E-state index is -0.829. The predicted octanol–water partition coefficient (Wildman–Crippen LogP) is 0.708. The SMILES string of the molecule is O=C(CC(O)CCO)c1cccc(O)c1. The van der Waals surface area contributed by atoms with Crippen molar-refractivity contribution in [1.29, 1.82) is 0 Å². The van der Waals surface area contributed by atoms with Crippen LogP contribution in [0.25, 0.3) is 0 Å². The van der Waals surface area contributed by atoms with E-state index in [-0.39, 0.29) is 31.0 Å². The maximum atomic E-state index is 11.5. The third-order valence-corrected chi connectivity index (χ3v) is 2.05. The Labute approximate surface area is 87.8 Å². The number of ketones is 1. The lowest BCUT2D eigenvalue weighted by molar-refractivity contribution is 0.0830. The number of hydrogen-bond donors (Lipinski definition) is 3. The van der Waals surface area contributed by atoms with Crippen LogP contribution < -0.4 is 0 Å². The monoisotopic (exact) mass is 210 g/mol. The quantitative estimate of drug-likeness (QED) is 0.625. The topological polar surface area (TPSA) is 77.8 Å². The number of carbonyl (C=O) groups is 1. The number of hydrogen-bond acceptors (Lipinski definition) is 4. The highest BCUT2D eigenvalue weighted by Crippen LogP contribution is 2.13. The number of aliphatic hydroxyl groups is 2. The van der Waals surface area contributed by atoms with Gasteiger partial charge in [0.2, 0.25) is 0 Å². The Kier molecular flexibility index (Phi) is 4.27. The third kappa shape index (κ3) is 3.69. The highest BCUT2D eigenvalue weighted by Gasteiger charge is 2.12. The maximum absolute atomic E-state index is 11.5. The molecule has 1 rings (SSSR count). The van der Waals surface area contributed by atoms with Gasteiger partial charge in [0, 0.05) is 18.6 Å². The average Bonchev–Trinajstić information content (AvgIpc) is 2.18. The van der Waals surface area contributed by atoms with Gasteiger partial charge in [-0.15, -0.1) is 0 Å². The number of aliphatic hydroxyl groups excluding tert-OH is 2. The fourth-order valence-electron chi connectivity index (χ4n) is 1.26. The van der Waals surface area contributed by atoms with Crippen LogP contribution in [0.1, 0.15) is 23.2 Å². The van der Waals surface area contributed by atoms with Crippen LogP contribution in [-0.4, -0.2) is 33.8 Å². The zero-order valence-corrected chi connectivity index (χ0v) is 8.26. The number of benzene rings is 1. The number of Topliss-reactive ketones (excluding diaryl/α,β-unsaturated/α-hetero) is 1. The number of aromatic hydroxyl groups is 1. The van der Waals surface area contributed by atoms with Crippen molar-refractivity contribution in [3.8, 4) is 5.75 Å². The van der Waals surface area contributed by atoms with Gasteiger partial charge in [-0.1, -0.05) is 12.1 Å². The van der Waals surface area contributed by atoms with E-state index in [1.807, 2.05) is 0 Å². The average molecular weight is 210 g/mol. The van der Waals surface area contributed by atoms with Crippen molar-refractivity contribution in [3.05, 3.63) is 29.8 Å². The summed E-state index contributed by atoms with van der Waals surface area (Å²) < 4.78 is 0. The molecule has 4 heteroatoms. The van der Waals surface area contributed by atoms with Crippen LogP contribution >= 0.6 is 0 Å². The molecule has 0 heterocycles. The molecule has 1 aromatic rings. The molecule has 0 bridgehead atoms. The van der Waals surface area contributed by atoms with Crippen LogP contribution in [-0.2, 0) is 0 Å². The van der Waals surface area contributed by atoms with Gasteiger partial charge in [0.05, 0.1) is 6.10 Å². The largest absolute Gasteiger partial charge is 0.508 e. The Morgan fingerprint density at radius 2 is 2.13 bits per heavy atom. The Morgan fingerprint density at radius 1 is 1.40 bits per heavy atom. The predicted molar refractivity (Wildman–Crippen MR) is 54.8 cm³/mol. The van der Waals surface area contributed by atoms with Crippen LogP contribution in [0.4, 0.5) is 0 Å². The van der Waals surface area contributed by atoms with Gasteiger partial charge >= 0.3 is 0 Å². The molecule has 3 N–H and O–H groups in total. The van der Waals surface area contributed by atoms with Crippen molar-refractivity contribution >= 4 is 5.78 Å². The minimum absolute atomic E-state index is 0.0255. The van der Waals surface area contributed by atoms with Crippen molar-refractivity contribution in [2.75, 3.05) is 6.61 Å². The molecule has 0 aromatic heterocycles. The summed E-state index contributed by atoms with van der Waals surface area (Å²) in [6, 6.07) is 5.98. The molecule has 15 heavy (non-hydrogen) atoms. The molecule has 0 radical (unpaired) electrons. The van der Waals surface area contributed by atoms with Gasteiger partial charge < -0.3 is 15.3 Å². The Morgan fingerprint density at radius 3 is 2.73 bits per heavy atom. The normalized spacial score (nSPS) is 12.4. The molecule has 4 nitrogen and oxygen atoms in total. The van der Waals surface area contributed by atoms with Gasteiger partial charge in [0.25, 0.3) is 0 Å². The maximum Gasteiger partial charge on any atom is 0.165 e. The summed E-state index contributed by atoms with van der Waals surface area (Å²) in [4.78, 5) is 11.5. The van der Waals surface area contributed by atoms with Crippen LogP contribution in [0, 0.1) is 0 Å². The van der Waals surface area contributed by atoms with Gasteiger partial charge in [0.1, 0.15) is 5.75 Å². The van der Waals surface area contributed by atoms with Gasteiger partial charge in [-0.3, -0.25) is 4.79 Å². The Bertz CT molecular complexity index is 335. The molecule has 1 unspecified atom stereocenters. The lowest BCUT2D eigenvalue weighted by Crippen LogP contribution is -2.14. The zero-order valence-electron chi connectivity index (χ0n) is 8.26. The zero-order chi connectivity index (χ0) is 11.3. The standard InChI is InChI=1S/C11H14O4/c12-5-4-10(14)7-11(15)8-2-1-3-9(13)6-8/h1-3,6,10,12-14H,4-5,7H2. The second kappa shape index (κ2) is 5.48. The fourth-order valence-corrected chi connectivity index (χ4v) is 1.26. The second-order valence-corrected chi connectivity index (χ2v) is 3.34. The minimum Gasteiger partial charge on any atom is -0.508 e. The van der Waals surface area contributed by atoms with Crippen molar-refractivity contribution in [1.82, 2.24) is 0 Å². The van der Waals surface area contributed by atoms with Crippen LogP contribution in [0.3, 0.4) is 0 Å². The van der Waals surface area contributed by atoms with Gasteiger partial charge in [-0.2, -0.15) is 0 Å². The first-order valence-corrected chi connectivity index (χ1v) is 4.74. The lowest BCUT2D eigenvalue weighted by atomic mass is 10.0. The molecule has 0 saturated carbocycles. The van der Waals surface area contributed by atoms with E-state index in [0.29, 0.717) is 5.56 Å². The third-order valence-electron chi connectivity index (χ3n) is 2.05. The smallest absolute Gasteiger partial charge is 0.165 e. The number of rotatable bonds is 5. The van der Waals surface area contributed by atoms with E-state index in [4.69, 9.17) is 10.2 Å². The first kappa shape index (κ1) is 11.7. The Balaban J connectivity index is 2.61. The summed E-state index contributed by atoms with van der Waals surface area (Å²) >= 11 is 0. The van der Waals surface area contributed by atoms with E-state index in [1.165, 1.54) is 12.1 Å². The summed E-state index contributed by atoms with van der Waals surface area (Å²) in [6.45, 7) is -0.144. The van der Waals surface area contributed by atoms with Crippen LogP contribution in [0.15, 0.2) is 24.3 Å². The van der Waals surface area contributed by atoms with Gasteiger partial charge in [-0.05, 0) is 18.6 Å². The van der Waals surface area contributed by atoms with Crippen LogP contribution in [0.5, 0.6) is 5.75 Å². The molecule has 0 spiro atoms. The Hall–Kier alpha value is -1.39. The molecule has 82 valence electrons. The van der Waals surface area contributed by atoms with Gasteiger partial charge in [-0.25, -0.2) is 0 Å². The number of carbonyl (C=O) groups excluding carboxylic acids is 1. The fraction of sp³-hybridized carbons (Fsp3) is 0.364. The molecule has 0 amide bonds. The highest BCUT2D eigenvalue weighted by molar-refractivity contribution is 5.96. The molecule has 0 aliphatic carbocycles. The van der Waals surface area contributed by atoms with E-state index in [0.717, 1.165) is 0 Å². The van der Waals surface area contributed by atoms with Crippen molar-refractivity contribution < 1.29 is 20.1 Å². The van der Waals surface area contributed by atoms with Crippen LogP contribution in [0.2, 0.25) is 0 Å². The summed E-state index contributed by atoms with van der Waals surface area (Å²) in [5, 5.41) is 27.0. The second-order valence-electron chi connectivity index (χ2n) is 3.34. The first-order chi connectivity index (χ1) is 7.13. The van der Waals surface area contributed by atoms with E-state index < -0.39 is 6.10 Å². The summed E-state index contributed by atoms with van der Waals surface area (Å²) in [6.07, 6.45) is -0.681. The molecular formula is C11H14O4. The van der Waals surface area contributed by atoms with Crippen molar-refractivity contribution in [3.63, 3.8) is 0 Å². The van der Waals surface area contributed by atoms with E-state index in [2.05, 4.69) is 0 Å². The number of phenols is 1. The highest BCUT2D eigenvalue weighted by atomic mass is 16.3. The van der Waals surface area contributed by atoms with E-state index in [1.54, 1.807) is 12.1 Å². The molecule has 1 atom stereocenters. The molecule has 0 aliphatic rings. The van der Waals surface area contributed by atoms with Crippen molar-refractivity contribution in [2.24, 2.45) is 0 Å².